The number of aromatic nitrogens is 1. The van der Waals surface area contributed by atoms with Gasteiger partial charge in [-0.2, -0.15) is 0 Å². The van der Waals surface area contributed by atoms with E-state index in [1.165, 1.54) is 18.4 Å². The third-order valence-corrected chi connectivity index (χ3v) is 4.81. The topological polar surface area (TPSA) is 111 Å². The third-order valence-electron chi connectivity index (χ3n) is 4.81. The number of ether oxygens (including phenoxy) is 2. The second-order valence-corrected chi connectivity index (χ2v) is 6.95. The Balaban J connectivity index is 1.49. The number of hydrogen-bond acceptors (Lipinski definition) is 7. The number of amides is 1. The Labute approximate surface area is 183 Å². The zero-order chi connectivity index (χ0) is 22.5. The van der Waals surface area contributed by atoms with Crippen LogP contribution >= 0.6 is 0 Å². The van der Waals surface area contributed by atoms with Crippen LogP contribution in [-0.4, -0.2) is 29.7 Å². The molecular weight excluding hydrogens is 412 g/mol. The first kappa shape index (κ1) is 20.9. The van der Waals surface area contributed by atoms with Crippen molar-refractivity contribution >= 4 is 16.9 Å². The van der Waals surface area contributed by atoms with Gasteiger partial charge in [-0.25, -0.2) is 0 Å². The van der Waals surface area contributed by atoms with Crippen molar-refractivity contribution in [1.82, 2.24) is 10.3 Å². The van der Waals surface area contributed by atoms with Crippen LogP contribution in [0.4, 0.5) is 0 Å². The van der Waals surface area contributed by atoms with E-state index in [4.69, 9.17) is 13.9 Å². The summed E-state index contributed by atoms with van der Waals surface area (Å²) >= 11 is 0. The summed E-state index contributed by atoms with van der Waals surface area (Å²) in [6, 6.07) is 13.3. The highest BCUT2D eigenvalue weighted by Crippen LogP contribution is 2.30. The van der Waals surface area contributed by atoms with Gasteiger partial charge in [0.15, 0.2) is 6.61 Å². The van der Waals surface area contributed by atoms with Gasteiger partial charge in [-0.1, -0.05) is 18.2 Å². The molecule has 0 aliphatic rings. The second-order valence-electron chi connectivity index (χ2n) is 6.95. The van der Waals surface area contributed by atoms with Crippen molar-refractivity contribution in [3.63, 3.8) is 0 Å². The van der Waals surface area contributed by atoms with Gasteiger partial charge in [0, 0.05) is 31.1 Å². The Bertz CT molecular complexity index is 1300. The lowest BCUT2D eigenvalue weighted by Gasteiger charge is -2.10. The molecule has 0 unspecified atom stereocenters. The van der Waals surface area contributed by atoms with Crippen molar-refractivity contribution in [2.45, 2.75) is 6.54 Å². The fraction of sp³-hybridized carbons (Fsp3) is 0.125. The number of carbonyl (C=O) groups is 1. The molecule has 0 aliphatic heterocycles. The van der Waals surface area contributed by atoms with Crippen molar-refractivity contribution in [3.8, 4) is 28.4 Å². The summed E-state index contributed by atoms with van der Waals surface area (Å²) in [6.45, 7) is 0.0569. The monoisotopic (exact) mass is 432 g/mol. The Hall–Kier alpha value is -4.33. The number of aromatic hydroxyl groups is 1. The Morgan fingerprint density at radius 3 is 2.69 bits per heavy atom. The predicted octanol–water partition coefficient (Wildman–Crippen LogP) is 3.26. The molecule has 32 heavy (non-hydrogen) atoms. The first-order chi connectivity index (χ1) is 15.5. The molecular formula is C24H20N2O6. The van der Waals surface area contributed by atoms with Crippen LogP contribution in [0.1, 0.15) is 5.56 Å². The van der Waals surface area contributed by atoms with Crippen molar-refractivity contribution in [3.05, 3.63) is 83.0 Å². The summed E-state index contributed by atoms with van der Waals surface area (Å²) in [6.07, 6.45) is 4.64. The van der Waals surface area contributed by atoms with E-state index in [1.807, 2.05) is 6.07 Å². The van der Waals surface area contributed by atoms with Gasteiger partial charge in [-0.3, -0.25) is 14.6 Å². The molecule has 2 aromatic heterocycles. The lowest BCUT2D eigenvalue weighted by molar-refractivity contribution is -0.123. The number of benzene rings is 2. The first-order valence-corrected chi connectivity index (χ1v) is 9.76. The van der Waals surface area contributed by atoms with Crippen LogP contribution in [0, 0.1) is 0 Å². The maximum Gasteiger partial charge on any atom is 0.258 e. The van der Waals surface area contributed by atoms with Gasteiger partial charge >= 0.3 is 0 Å². The molecule has 4 aromatic rings. The van der Waals surface area contributed by atoms with E-state index in [1.54, 1.807) is 49.8 Å². The number of nitrogens with zero attached hydrogens (tertiary/aromatic N) is 1. The summed E-state index contributed by atoms with van der Waals surface area (Å²) < 4.78 is 16.2. The van der Waals surface area contributed by atoms with Gasteiger partial charge in [-0.05, 0) is 29.3 Å². The summed E-state index contributed by atoms with van der Waals surface area (Å²) in [7, 11) is 1.56. The summed E-state index contributed by atoms with van der Waals surface area (Å²) in [5.41, 5.74) is 1.57. The van der Waals surface area contributed by atoms with E-state index in [-0.39, 0.29) is 40.4 Å². The number of phenols is 1. The van der Waals surface area contributed by atoms with Crippen molar-refractivity contribution in [2.75, 3.05) is 13.7 Å². The van der Waals surface area contributed by atoms with E-state index in [0.29, 0.717) is 23.4 Å². The highest BCUT2D eigenvalue weighted by Gasteiger charge is 2.15. The minimum atomic E-state index is -0.380. The minimum absolute atomic E-state index is 0.0340. The van der Waals surface area contributed by atoms with Crippen LogP contribution in [-0.2, 0) is 11.3 Å². The highest BCUT2D eigenvalue weighted by atomic mass is 16.5. The maximum absolute atomic E-state index is 12.9. The lowest BCUT2D eigenvalue weighted by atomic mass is 10.0. The molecule has 8 heteroatoms. The molecule has 0 saturated carbocycles. The van der Waals surface area contributed by atoms with Crippen LogP contribution in [0.2, 0.25) is 0 Å². The summed E-state index contributed by atoms with van der Waals surface area (Å²) in [4.78, 5) is 29.0. The normalized spacial score (nSPS) is 10.7. The van der Waals surface area contributed by atoms with E-state index >= 15 is 0 Å². The minimum Gasteiger partial charge on any atom is -0.507 e. The van der Waals surface area contributed by atoms with Crippen LogP contribution in [0.3, 0.4) is 0 Å². The molecule has 2 aromatic carbocycles. The van der Waals surface area contributed by atoms with Crippen LogP contribution < -0.4 is 20.2 Å². The zero-order valence-corrected chi connectivity index (χ0v) is 17.2. The molecule has 8 nitrogen and oxygen atoms in total. The van der Waals surface area contributed by atoms with E-state index < -0.39 is 0 Å². The number of nitrogens with one attached hydrogen (secondary N) is 1. The van der Waals surface area contributed by atoms with Crippen LogP contribution in [0.15, 0.2) is 76.4 Å². The molecule has 1 amide bonds. The van der Waals surface area contributed by atoms with E-state index in [2.05, 4.69) is 10.3 Å². The Morgan fingerprint density at radius 1 is 1.16 bits per heavy atom. The molecule has 0 spiro atoms. The molecule has 0 saturated heterocycles. The standard InChI is InChI=1S/C24H20N2O6/c1-30-17-6-4-16(5-7-17)19-13-32-21-10-18(9-20(27)23(21)24(19)29)31-14-22(28)26-12-15-3-2-8-25-11-15/h2-11,13,27H,12,14H2,1H3,(H,26,28). The largest absolute Gasteiger partial charge is 0.507 e. The van der Waals surface area contributed by atoms with Crippen molar-refractivity contribution < 1.29 is 23.8 Å². The number of fused-ring (bicyclic) bond motifs is 1. The quantitative estimate of drug-likeness (QED) is 0.461. The number of phenolic OH excluding ortho intramolecular Hbond substituents is 1. The van der Waals surface area contributed by atoms with Gasteiger partial charge < -0.3 is 24.3 Å². The Kier molecular flexibility index (Phi) is 6.03. The molecule has 2 heterocycles. The number of methoxy groups -OCH3 is 1. The van der Waals surface area contributed by atoms with Gasteiger partial charge in [0.2, 0.25) is 5.43 Å². The average molecular weight is 432 g/mol. The lowest BCUT2D eigenvalue weighted by Crippen LogP contribution is -2.28. The Morgan fingerprint density at radius 2 is 1.97 bits per heavy atom. The van der Waals surface area contributed by atoms with Crippen LogP contribution in [0.25, 0.3) is 22.1 Å². The molecule has 2 N–H and O–H groups in total. The van der Waals surface area contributed by atoms with E-state index in [0.717, 1.165) is 5.56 Å². The predicted molar refractivity (Wildman–Crippen MR) is 118 cm³/mol. The number of rotatable bonds is 7. The molecule has 0 radical (unpaired) electrons. The van der Waals surface area contributed by atoms with Crippen LogP contribution in [0.5, 0.6) is 17.2 Å². The number of hydrogen-bond donors (Lipinski definition) is 2. The van der Waals surface area contributed by atoms with Crippen molar-refractivity contribution in [1.29, 1.82) is 0 Å². The highest BCUT2D eigenvalue weighted by molar-refractivity contribution is 5.88. The molecule has 0 aliphatic carbocycles. The molecule has 0 atom stereocenters. The van der Waals surface area contributed by atoms with Crippen molar-refractivity contribution in [2.24, 2.45) is 0 Å². The molecule has 0 fully saturated rings. The fourth-order valence-corrected chi connectivity index (χ4v) is 3.16. The zero-order valence-electron chi connectivity index (χ0n) is 17.2. The van der Waals surface area contributed by atoms with Gasteiger partial charge in [-0.15, -0.1) is 0 Å². The van der Waals surface area contributed by atoms with Gasteiger partial charge in [0.1, 0.15) is 34.5 Å². The molecule has 0 bridgehead atoms. The third kappa shape index (κ3) is 4.54. The first-order valence-electron chi connectivity index (χ1n) is 9.76. The molecule has 4 rings (SSSR count). The van der Waals surface area contributed by atoms with Gasteiger partial charge in [0.25, 0.3) is 5.91 Å². The van der Waals surface area contributed by atoms with Gasteiger partial charge in [0.05, 0.1) is 12.7 Å². The number of pyridine rings is 1. The maximum atomic E-state index is 12.9. The average Bonchev–Trinajstić information content (AvgIpc) is 2.82. The summed E-state index contributed by atoms with van der Waals surface area (Å²) in [5.74, 6) is 0.224. The second kappa shape index (κ2) is 9.22. The SMILES string of the molecule is COc1ccc(-c2coc3cc(OCC(=O)NCc4cccnc4)cc(O)c3c2=O)cc1. The van der Waals surface area contributed by atoms with E-state index in [9.17, 15) is 14.7 Å². The fourth-order valence-electron chi connectivity index (χ4n) is 3.16. The number of carbonyl (C=O) groups excluding carboxylic acids is 1. The summed E-state index contributed by atoms with van der Waals surface area (Å²) in [5, 5.41) is 13.2. The molecule has 162 valence electrons. The smallest absolute Gasteiger partial charge is 0.258 e.